The lowest BCUT2D eigenvalue weighted by Gasteiger charge is -2.08. The summed E-state index contributed by atoms with van der Waals surface area (Å²) in [6.45, 7) is 0. The molecule has 0 atom stereocenters. The van der Waals surface area contributed by atoms with Gasteiger partial charge in [-0.2, -0.15) is 5.26 Å². The molecule has 0 fully saturated rings. The molecule has 5 nitrogen and oxygen atoms in total. The maximum Gasteiger partial charge on any atom is 0.164 e. The topological polar surface area (TPSA) is 67.4 Å². The van der Waals surface area contributed by atoms with E-state index in [1.54, 1.807) is 11.3 Å². The minimum atomic E-state index is 0.648. The monoisotopic (exact) mass is 681 g/mol. The van der Waals surface area contributed by atoms with Crippen molar-refractivity contribution < 1.29 is 0 Å². The highest BCUT2D eigenvalue weighted by atomic mass is 32.1. The van der Waals surface area contributed by atoms with Gasteiger partial charge in [-0.1, -0.05) is 109 Å². The molecule has 0 spiro atoms. The molecule has 10 aromatic rings. The van der Waals surface area contributed by atoms with Crippen molar-refractivity contribution in [3.63, 3.8) is 0 Å². The molecule has 0 N–H and O–H groups in total. The van der Waals surface area contributed by atoms with Gasteiger partial charge in [-0.3, -0.25) is 0 Å². The Morgan fingerprint density at radius 3 is 1.52 bits per heavy atom. The summed E-state index contributed by atoms with van der Waals surface area (Å²) in [5, 5.41) is 14.3. The number of hydrogen-bond donors (Lipinski definition) is 0. The average molecular weight is 682 g/mol. The van der Waals surface area contributed by atoms with Gasteiger partial charge in [0.15, 0.2) is 17.5 Å². The fraction of sp³-hybridized carbons (Fsp3) is 0. The molecule has 7 aromatic carbocycles. The normalized spacial score (nSPS) is 11.4. The van der Waals surface area contributed by atoms with Gasteiger partial charge in [-0.25, -0.2) is 15.0 Å². The first-order valence-electron chi connectivity index (χ1n) is 17.1. The fourth-order valence-corrected chi connectivity index (χ4v) is 8.35. The third-order valence-corrected chi connectivity index (χ3v) is 10.8. The van der Waals surface area contributed by atoms with E-state index in [-0.39, 0.29) is 0 Å². The summed E-state index contributed by atoms with van der Waals surface area (Å²) < 4.78 is 4.67. The van der Waals surface area contributed by atoms with E-state index in [9.17, 15) is 5.26 Å². The Kier molecular flexibility index (Phi) is 6.98. The Morgan fingerprint density at radius 2 is 0.904 bits per heavy atom. The number of nitriles is 1. The van der Waals surface area contributed by atoms with E-state index in [1.165, 1.54) is 20.2 Å². The number of rotatable bonds is 5. The van der Waals surface area contributed by atoms with Crippen LogP contribution in [0.4, 0.5) is 0 Å². The van der Waals surface area contributed by atoms with E-state index in [0.717, 1.165) is 55.3 Å². The van der Waals surface area contributed by atoms with Crippen molar-refractivity contribution in [3.05, 3.63) is 169 Å². The highest BCUT2D eigenvalue weighted by Gasteiger charge is 2.16. The minimum absolute atomic E-state index is 0.648. The van der Waals surface area contributed by atoms with Crippen LogP contribution in [0.3, 0.4) is 0 Å². The molecule has 0 saturated carbocycles. The average Bonchev–Trinajstić information content (AvgIpc) is 3.75. The SMILES string of the molecule is N#Cc1ccc2c(c1)c1cc(-c3ccc4c(c3)sc3cc(-c5nc(-c6ccccc6)nc(-c6ccccc6)n5)ccc34)ccc1n2-c1ccccc1. The largest absolute Gasteiger partial charge is 0.309 e. The van der Waals surface area contributed by atoms with Crippen LogP contribution in [0.5, 0.6) is 0 Å². The third-order valence-electron chi connectivity index (χ3n) is 9.67. The lowest BCUT2D eigenvalue weighted by Crippen LogP contribution is -1.99. The molecule has 0 amide bonds. The number of nitrogens with zero attached hydrogens (tertiary/aromatic N) is 5. The minimum Gasteiger partial charge on any atom is -0.309 e. The second-order valence-electron chi connectivity index (χ2n) is 12.8. The number of aromatic nitrogens is 4. The highest BCUT2D eigenvalue weighted by molar-refractivity contribution is 7.25. The second-order valence-corrected chi connectivity index (χ2v) is 13.9. The van der Waals surface area contributed by atoms with Crippen LogP contribution in [0.2, 0.25) is 0 Å². The summed E-state index contributed by atoms with van der Waals surface area (Å²) in [4.78, 5) is 14.8. The van der Waals surface area contributed by atoms with E-state index < -0.39 is 0 Å². The molecule has 6 heteroatoms. The zero-order valence-corrected chi connectivity index (χ0v) is 28.5. The first-order chi connectivity index (χ1) is 25.7. The molecule has 242 valence electrons. The van der Waals surface area contributed by atoms with Crippen LogP contribution in [0.1, 0.15) is 5.56 Å². The second kappa shape index (κ2) is 12.1. The molecule has 0 bridgehead atoms. The van der Waals surface area contributed by atoms with Crippen LogP contribution in [0.25, 0.3) is 93.0 Å². The summed E-state index contributed by atoms with van der Waals surface area (Å²) in [5.74, 6) is 1.95. The summed E-state index contributed by atoms with van der Waals surface area (Å²) in [6, 6.07) is 58.7. The molecule has 0 unspecified atom stereocenters. The highest BCUT2D eigenvalue weighted by Crippen LogP contribution is 2.40. The van der Waals surface area contributed by atoms with Crippen LogP contribution in [0.15, 0.2) is 164 Å². The van der Waals surface area contributed by atoms with E-state index in [4.69, 9.17) is 15.0 Å². The first kappa shape index (κ1) is 29.9. The summed E-state index contributed by atoms with van der Waals surface area (Å²) >= 11 is 1.78. The van der Waals surface area contributed by atoms with Gasteiger partial charge in [0.1, 0.15) is 0 Å². The Labute approximate surface area is 303 Å². The molecule has 0 aliphatic carbocycles. The van der Waals surface area contributed by atoms with Gasteiger partial charge in [-0.15, -0.1) is 11.3 Å². The zero-order valence-electron chi connectivity index (χ0n) is 27.7. The van der Waals surface area contributed by atoms with Crippen molar-refractivity contribution in [1.29, 1.82) is 5.26 Å². The van der Waals surface area contributed by atoms with Gasteiger partial charge in [0.2, 0.25) is 0 Å². The van der Waals surface area contributed by atoms with Gasteiger partial charge in [0, 0.05) is 53.3 Å². The Morgan fingerprint density at radius 1 is 0.423 bits per heavy atom. The standard InChI is InChI=1S/C46H27N5S/c47-28-29-16-22-40-38(24-29)39-25-32(19-23-41(39)51(40)35-14-8-3-9-15-35)33-17-20-36-37-21-18-34(27-43(37)52-42(36)26-33)46-49-44(30-10-4-1-5-11-30)48-45(50-46)31-12-6-2-7-13-31/h1-27H. The maximum absolute atomic E-state index is 9.72. The van der Waals surface area contributed by atoms with Crippen molar-refractivity contribution >= 4 is 53.3 Å². The summed E-state index contributed by atoms with van der Waals surface area (Å²) in [7, 11) is 0. The van der Waals surface area contributed by atoms with Crippen LogP contribution >= 0.6 is 11.3 Å². The molecule has 52 heavy (non-hydrogen) atoms. The quantitative estimate of drug-likeness (QED) is 0.181. The molecule has 3 aromatic heterocycles. The zero-order chi connectivity index (χ0) is 34.6. The third kappa shape index (κ3) is 5.03. The number of fused-ring (bicyclic) bond motifs is 6. The molecule has 0 radical (unpaired) electrons. The van der Waals surface area contributed by atoms with Gasteiger partial charge >= 0.3 is 0 Å². The van der Waals surface area contributed by atoms with Crippen molar-refractivity contribution in [2.45, 2.75) is 0 Å². The lowest BCUT2D eigenvalue weighted by molar-refractivity contribution is 1.07. The fourth-order valence-electron chi connectivity index (χ4n) is 7.16. The van der Waals surface area contributed by atoms with Crippen LogP contribution < -0.4 is 0 Å². The van der Waals surface area contributed by atoms with Crippen LogP contribution in [-0.2, 0) is 0 Å². The van der Waals surface area contributed by atoms with Gasteiger partial charge < -0.3 is 4.57 Å². The van der Waals surface area contributed by atoms with Crippen molar-refractivity contribution in [2.75, 3.05) is 0 Å². The first-order valence-corrected chi connectivity index (χ1v) is 17.9. The van der Waals surface area contributed by atoms with Crippen molar-refractivity contribution in [1.82, 2.24) is 19.5 Å². The smallest absolute Gasteiger partial charge is 0.164 e. The molecular formula is C46H27N5S. The summed E-state index contributed by atoms with van der Waals surface area (Å²) in [6.07, 6.45) is 0. The van der Waals surface area contributed by atoms with Crippen molar-refractivity contribution in [2.24, 2.45) is 0 Å². The number of benzene rings is 7. The van der Waals surface area contributed by atoms with E-state index in [1.807, 2.05) is 78.9 Å². The predicted octanol–water partition coefficient (Wildman–Crippen LogP) is 11.9. The molecule has 10 rings (SSSR count). The van der Waals surface area contributed by atoms with Crippen LogP contribution in [-0.4, -0.2) is 19.5 Å². The molecule has 3 heterocycles. The molecule has 0 saturated heterocycles. The maximum atomic E-state index is 9.72. The van der Waals surface area contributed by atoms with Crippen LogP contribution in [0, 0.1) is 11.3 Å². The molecular weight excluding hydrogens is 655 g/mol. The summed E-state index contributed by atoms with van der Waals surface area (Å²) in [5.41, 5.74) is 9.08. The number of thiophene rings is 1. The molecule has 0 aliphatic heterocycles. The lowest BCUT2D eigenvalue weighted by atomic mass is 10.0. The van der Waals surface area contributed by atoms with Gasteiger partial charge in [0.25, 0.3) is 0 Å². The van der Waals surface area contributed by atoms with Gasteiger partial charge in [-0.05, 0) is 65.7 Å². The predicted molar refractivity (Wildman–Crippen MR) is 214 cm³/mol. The Bertz CT molecular complexity index is 2960. The van der Waals surface area contributed by atoms with Crippen molar-refractivity contribution in [3.8, 4) is 57.0 Å². The number of hydrogen-bond acceptors (Lipinski definition) is 5. The van der Waals surface area contributed by atoms with E-state index in [2.05, 4.69) is 95.6 Å². The van der Waals surface area contributed by atoms with Gasteiger partial charge in [0.05, 0.1) is 22.7 Å². The van der Waals surface area contributed by atoms with E-state index >= 15 is 0 Å². The Hall–Kier alpha value is -6.94. The Balaban J connectivity index is 1.08. The molecule has 0 aliphatic rings. The van der Waals surface area contributed by atoms with E-state index in [0.29, 0.717) is 23.0 Å². The number of para-hydroxylation sites is 1.